The van der Waals surface area contributed by atoms with Crippen molar-refractivity contribution in [3.8, 4) is 5.75 Å². The van der Waals surface area contributed by atoms with Crippen LogP contribution in [0.5, 0.6) is 5.75 Å². The van der Waals surface area contributed by atoms with Gasteiger partial charge in [-0.1, -0.05) is 19.1 Å². The minimum atomic E-state index is -0.490. The number of nitrogens with zero attached hydrogens (tertiary/aromatic N) is 1. The van der Waals surface area contributed by atoms with Gasteiger partial charge in [0.2, 0.25) is 5.91 Å². The molecule has 1 heterocycles. The molecule has 3 rings (SSSR count). The van der Waals surface area contributed by atoms with Crippen molar-refractivity contribution in [3.05, 3.63) is 29.8 Å². The highest BCUT2D eigenvalue weighted by Crippen LogP contribution is 2.34. The van der Waals surface area contributed by atoms with Crippen LogP contribution >= 0.6 is 0 Å². The molecule has 1 aliphatic heterocycles. The predicted molar refractivity (Wildman–Crippen MR) is 95.4 cm³/mol. The van der Waals surface area contributed by atoms with Gasteiger partial charge in [-0.25, -0.2) is 0 Å². The van der Waals surface area contributed by atoms with Gasteiger partial charge >= 0.3 is 0 Å². The standard InChI is InChI=1S/C20H29NO4/c1-14-6-8-17(9-7-14)25-13-20(23)21-12-16(22)11-19(21)15-4-3-5-18(10-15)24-2/h3-5,10,14,16-17,19,22H,6-9,11-13H2,1-2H3/t14?,16-,17?,19+/m1/s1. The van der Waals surface area contributed by atoms with Crippen LogP contribution in [-0.4, -0.2) is 48.4 Å². The zero-order valence-electron chi connectivity index (χ0n) is 15.2. The molecule has 1 amide bonds. The number of carbonyl (C=O) groups excluding carboxylic acids is 1. The van der Waals surface area contributed by atoms with Crippen LogP contribution in [0.25, 0.3) is 0 Å². The van der Waals surface area contributed by atoms with E-state index in [2.05, 4.69) is 6.92 Å². The fourth-order valence-corrected chi connectivity index (χ4v) is 3.92. The third-order valence-corrected chi connectivity index (χ3v) is 5.48. The van der Waals surface area contributed by atoms with Crippen LogP contribution in [0.3, 0.4) is 0 Å². The average molecular weight is 347 g/mol. The summed E-state index contributed by atoms with van der Waals surface area (Å²) in [5.74, 6) is 1.49. The van der Waals surface area contributed by atoms with Gasteiger partial charge in [0.25, 0.3) is 0 Å². The maximum absolute atomic E-state index is 12.7. The molecule has 0 bridgehead atoms. The Morgan fingerprint density at radius 1 is 1.28 bits per heavy atom. The molecule has 1 N–H and O–H groups in total. The first kappa shape index (κ1) is 18.2. The molecule has 2 aliphatic rings. The maximum Gasteiger partial charge on any atom is 0.249 e. The van der Waals surface area contributed by atoms with Gasteiger partial charge in [-0.15, -0.1) is 0 Å². The molecule has 0 aromatic heterocycles. The second kappa shape index (κ2) is 8.19. The zero-order valence-corrected chi connectivity index (χ0v) is 15.2. The quantitative estimate of drug-likeness (QED) is 0.890. The summed E-state index contributed by atoms with van der Waals surface area (Å²) in [6.07, 6.45) is 4.69. The summed E-state index contributed by atoms with van der Waals surface area (Å²) in [5.41, 5.74) is 0.996. The van der Waals surface area contributed by atoms with Gasteiger partial charge in [0, 0.05) is 6.54 Å². The summed E-state index contributed by atoms with van der Waals surface area (Å²) in [5, 5.41) is 10.1. The van der Waals surface area contributed by atoms with Crippen molar-refractivity contribution in [3.63, 3.8) is 0 Å². The van der Waals surface area contributed by atoms with E-state index in [1.807, 2.05) is 24.3 Å². The van der Waals surface area contributed by atoms with Crippen LogP contribution in [-0.2, 0) is 9.53 Å². The monoisotopic (exact) mass is 347 g/mol. The first-order valence-electron chi connectivity index (χ1n) is 9.30. The average Bonchev–Trinajstić information content (AvgIpc) is 3.03. The van der Waals surface area contributed by atoms with Crippen molar-refractivity contribution < 1.29 is 19.4 Å². The van der Waals surface area contributed by atoms with E-state index in [4.69, 9.17) is 9.47 Å². The van der Waals surface area contributed by atoms with Crippen LogP contribution in [0, 0.1) is 5.92 Å². The summed E-state index contributed by atoms with van der Waals surface area (Å²) in [6, 6.07) is 7.60. The molecule has 0 radical (unpaired) electrons. The van der Waals surface area contributed by atoms with E-state index in [1.165, 1.54) is 12.8 Å². The van der Waals surface area contributed by atoms with Crippen molar-refractivity contribution in [1.82, 2.24) is 4.90 Å². The zero-order chi connectivity index (χ0) is 17.8. The lowest BCUT2D eigenvalue weighted by Gasteiger charge is -2.28. The Labute approximate surface area is 149 Å². The van der Waals surface area contributed by atoms with Gasteiger partial charge in [-0.2, -0.15) is 0 Å². The second-order valence-electron chi connectivity index (χ2n) is 7.42. The number of amides is 1. The Morgan fingerprint density at radius 3 is 2.76 bits per heavy atom. The van der Waals surface area contributed by atoms with Crippen molar-refractivity contribution in [2.75, 3.05) is 20.3 Å². The van der Waals surface area contributed by atoms with E-state index in [9.17, 15) is 9.90 Å². The van der Waals surface area contributed by atoms with Crippen LogP contribution < -0.4 is 4.74 Å². The molecule has 138 valence electrons. The topological polar surface area (TPSA) is 59.0 Å². The van der Waals surface area contributed by atoms with E-state index >= 15 is 0 Å². The van der Waals surface area contributed by atoms with Gasteiger partial charge in [0.05, 0.1) is 25.4 Å². The summed E-state index contributed by atoms with van der Waals surface area (Å²) < 4.78 is 11.2. The lowest BCUT2D eigenvalue weighted by atomic mass is 9.89. The van der Waals surface area contributed by atoms with E-state index in [0.717, 1.165) is 30.1 Å². The third-order valence-electron chi connectivity index (χ3n) is 5.48. The van der Waals surface area contributed by atoms with Crippen LogP contribution in [0.4, 0.5) is 0 Å². The van der Waals surface area contributed by atoms with Crippen molar-refractivity contribution in [1.29, 1.82) is 0 Å². The summed E-state index contributed by atoms with van der Waals surface area (Å²) >= 11 is 0. The Morgan fingerprint density at radius 2 is 2.04 bits per heavy atom. The maximum atomic E-state index is 12.7. The molecule has 2 fully saturated rings. The molecule has 0 spiro atoms. The minimum Gasteiger partial charge on any atom is -0.497 e. The number of hydrogen-bond donors (Lipinski definition) is 1. The largest absolute Gasteiger partial charge is 0.497 e. The molecule has 5 heteroatoms. The lowest BCUT2D eigenvalue weighted by Crippen LogP contribution is -2.36. The smallest absolute Gasteiger partial charge is 0.249 e. The fourth-order valence-electron chi connectivity index (χ4n) is 3.92. The number of benzene rings is 1. The van der Waals surface area contributed by atoms with Crippen LogP contribution in [0.1, 0.15) is 50.6 Å². The molecular formula is C20H29NO4. The van der Waals surface area contributed by atoms with E-state index < -0.39 is 6.10 Å². The number of β-amino-alcohol motifs (C(OH)–C–C–N with tert-alkyl or cyclic N) is 1. The summed E-state index contributed by atoms with van der Waals surface area (Å²) in [4.78, 5) is 14.4. The number of hydrogen-bond acceptors (Lipinski definition) is 4. The highest BCUT2D eigenvalue weighted by Gasteiger charge is 2.35. The number of likely N-dealkylation sites (tertiary alicyclic amines) is 1. The first-order valence-corrected chi connectivity index (χ1v) is 9.30. The molecule has 1 saturated heterocycles. The Hall–Kier alpha value is -1.59. The molecular weight excluding hydrogens is 318 g/mol. The van der Waals surface area contributed by atoms with Crippen molar-refractivity contribution in [2.45, 2.75) is 57.3 Å². The SMILES string of the molecule is COc1cccc([C@@H]2C[C@@H](O)CN2C(=O)COC2CCC(C)CC2)c1. The number of aliphatic hydroxyl groups excluding tert-OH is 1. The Kier molecular flexibility index (Phi) is 5.97. The van der Waals surface area contributed by atoms with Gasteiger partial charge in [0.15, 0.2) is 0 Å². The Balaban J connectivity index is 1.61. The number of methoxy groups -OCH3 is 1. The Bertz CT molecular complexity index is 583. The fraction of sp³-hybridized carbons (Fsp3) is 0.650. The highest BCUT2D eigenvalue weighted by atomic mass is 16.5. The summed E-state index contributed by atoms with van der Waals surface area (Å²) in [7, 11) is 1.63. The molecule has 1 aliphatic carbocycles. The van der Waals surface area contributed by atoms with E-state index in [0.29, 0.717) is 13.0 Å². The predicted octanol–water partition coefficient (Wildman–Crippen LogP) is 2.92. The normalized spacial score (nSPS) is 29.6. The third kappa shape index (κ3) is 4.53. The number of aliphatic hydroxyl groups is 1. The molecule has 1 saturated carbocycles. The number of ether oxygens (including phenoxy) is 2. The molecule has 1 aromatic rings. The molecule has 5 nitrogen and oxygen atoms in total. The molecule has 25 heavy (non-hydrogen) atoms. The molecule has 0 unspecified atom stereocenters. The van der Waals surface area contributed by atoms with Crippen LogP contribution in [0.2, 0.25) is 0 Å². The molecule has 1 aromatic carbocycles. The summed E-state index contributed by atoms with van der Waals surface area (Å²) in [6.45, 7) is 2.74. The first-order chi connectivity index (χ1) is 12.1. The van der Waals surface area contributed by atoms with Crippen molar-refractivity contribution >= 4 is 5.91 Å². The number of rotatable bonds is 5. The van der Waals surface area contributed by atoms with E-state index in [1.54, 1.807) is 12.0 Å². The highest BCUT2D eigenvalue weighted by molar-refractivity contribution is 5.78. The van der Waals surface area contributed by atoms with E-state index in [-0.39, 0.29) is 24.7 Å². The van der Waals surface area contributed by atoms with Gasteiger partial charge in [0.1, 0.15) is 12.4 Å². The number of carbonyl (C=O) groups is 1. The lowest BCUT2D eigenvalue weighted by molar-refractivity contribution is -0.140. The van der Waals surface area contributed by atoms with Gasteiger partial charge < -0.3 is 19.5 Å². The van der Waals surface area contributed by atoms with Crippen molar-refractivity contribution in [2.24, 2.45) is 5.92 Å². The molecule has 2 atom stereocenters. The second-order valence-corrected chi connectivity index (χ2v) is 7.42. The van der Waals surface area contributed by atoms with Gasteiger partial charge in [-0.05, 0) is 55.7 Å². The minimum absolute atomic E-state index is 0.0389. The van der Waals surface area contributed by atoms with Gasteiger partial charge in [-0.3, -0.25) is 4.79 Å². The van der Waals surface area contributed by atoms with Crippen LogP contribution in [0.15, 0.2) is 24.3 Å².